The molecule has 5 atom stereocenters. The monoisotopic (exact) mass is 1510 g/mol. The number of esters is 4. The van der Waals surface area contributed by atoms with Crippen molar-refractivity contribution < 1.29 is 80.2 Å². The van der Waals surface area contributed by atoms with Crippen molar-refractivity contribution in [2.45, 2.75) is 476 Å². The Labute approximate surface area is 632 Å². The van der Waals surface area contributed by atoms with Crippen molar-refractivity contribution in [3.63, 3.8) is 0 Å². The number of carbonyl (C=O) groups is 4. The number of phosphoric acid groups is 2. The van der Waals surface area contributed by atoms with Gasteiger partial charge in [-0.15, -0.1) is 0 Å². The molecule has 0 aliphatic rings. The molecule has 0 heterocycles. The van der Waals surface area contributed by atoms with Gasteiger partial charge in [-0.2, -0.15) is 0 Å². The van der Waals surface area contributed by atoms with Gasteiger partial charge >= 0.3 is 39.5 Å². The van der Waals surface area contributed by atoms with E-state index in [1.165, 1.54) is 289 Å². The number of aliphatic hydroxyl groups is 1. The largest absolute Gasteiger partial charge is 0.472 e. The van der Waals surface area contributed by atoms with Gasteiger partial charge < -0.3 is 33.8 Å². The topological polar surface area (TPSA) is 237 Å². The third kappa shape index (κ3) is 78.0. The number of phosphoric ester groups is 2. The van der Waals surface area contributed by atoms with E-state index in [-0.39, 0.29) is 25.7 Å². The standard InChI is InChI=1S/C84H164O17P2/c1-5-9-13-17-21-25-28-31-34-36-37-38-39-40-42-45-48-51-55-59-63-67-71-84(89)101-80(75-95-82(87)69-65-61-57-53-49-46-44-41-35-32-29-26-22-18-14-10-6-2)77-99-103(92,93)97-73-78(85)72-96-102(90,91)98-76-79(74-94-81(86)68-64-60-56-52-24-20-16-12-8-4)100-83(88)70-66-62-58-54-50-47-43-33-30-27-23-19-15-11-7-3/h78-80,85H,5-77H2,1-4H3,(H,90,91)(H,92,93)/t78-,79+,80+/m0/s1. The van der Waals surface area contributed by atoms with E-state index >= 15 is 0 Å². The third-order valence-corrected chi connectivity index (χ3v) is 21.8. The maximum atomic E-state index is 13.1. The molecule has 0 spiro atoms. The first-order chi connectivity index (χ1) is 50.2. The molecule has 0 saturated carbocycles. The van der Waals surface area contributed by atoms with Gasteiger partial charge in [0, 0.05) is 25.7 Å². The van der Waals surface area contributed by atoms with Gasteiger partial charge in [0.05, 0.1) is 26.4 Å². The molecular formula is C84H164O17P2. The lowest BCUT2D eigenvalue weighted by Crippen LogP contribution is -2.30. The minimum Gasteiger partial charge on any atom is -0.462 e. The molecule has 0 saturated heterocycles. The molecule has 103 heavy (non-hydrogen) atoms. The molecule has 0 aliphatic heterocycles. The van der Waals surface area contributed by atoms with Crippen molar-refractivity contribution >= 4 is 39.5 Å². The summed E-state index contributed by atoms with van der Waals surface area (Å²) in [4.78, 5) is 73.1. The van der Waals surface area contributed by atoms with E-state index in [4.69, 9.17) is 37.0 Å². The first-order valence-electron chi connectivity index (χ1n) is 43.8. The zero-order valence-corrected chi connectivity index (χ0v) is 69.1. The first kappa shape index (κ1) is 101. The normalized spacial score (nSPS) is 13.7. The Hall–Kier alpha value is -1.94. The molecule has 0 fully saturated rings. The van der Waals surface area contributed by atoms with E-state index in [1.54, 1.807) is 0 Å². The van der Waals surface area contributed by atoms with Gasteiger partial charge in [0.15, 0.2) is 12.2 Å². The van der Waals surface area contributed by atoms with Crippen LogP contribution in [0.1, 0.15) is 458 Å². The fourth-order valence-corrected chi connectivity index (χ4v) is 14.7. The summed E-state index contributed by atoms with van der Waals surface area (Å²) in [5, 5.41) is 10.7. The van der Waals surface area contributed by atoms with Crippen molar-refractivity contribution in [2.24, 2.45) is 0 Å². The Balaban J connectivity index is 5.19. The number of hydrogen-bond donors (Lipinski definition) is 3. The van der Waals surface area contributed by atoms with Gasteiger partial charge in [-0.3, -0.25) is 37.3 Å². The smallest absolute Gasteiger partial charge is 0.462 e. The summed E-state index contributed by atoms with van der Waals surface area (Å²) in [7, 11) is -9.92. The maximum Gasteiger partial charge on any atom is 0.472 e. The quantitative estimate of drug-likeness (QED) is 0.0222. The van der Waals surface area contributed by atoms with Crippen molar-refractivity contribution in [3.8, 4) is 0 Å². The second-order valence-corrected chi connectivity index (χ2v) is 33.1. The van der Waals surface area contributed by atoms with Crippen LogP contribution in [0.4, 0.5) is 0 Å². The molecule has 0 aliphatic carbocycles. The Morgan fingerprint density at radius 2 is 0.388 bits per heavy atom. The highest BCUT2D eigenvalue weighted by Crippen LogP contribution is 2.45. The molecular weight excluding hydrogens is 1340 g/mol. The van der Waals surface area contributed by atoms with E-state index in [0.29, 0.717) is 25.7 Å². The Kier molecular flexibility index (Phi) is 76.7. The van der Waals surface area contributed by atoms with Crippen LogP contribution in [0.3, 0.4) is 0 Å². The maximum absolute atomic E-state index is 13.1. The minimum absolute atomic E-state index is 0.109. The first-order valence-corrected chi connectivity index (χ1v) is 46.8. The molecule has 19 heteroatoms. The zero-order chi connectivity index (χ0) is 75.3. The third-order valence-electron chi connectivity index (χ3n) is 19.9. The summed E-state index contributed by atoms with van der Waals surface area (Å²) in [5.74, 6) is -2.10. The van der Waals surface area contributed by atoms with Crippen molar-refractivity contribution in [1.29, 1.82) is 0 Å². The van der Waals surface area contributed by atoms with Crippen LogP contribution >= 0.6 is 15.6 Å². The summed E-state index contributed by atoms with van der Waals surface area (Å²) < 4.78 is 68.8. The zero-order valence-electron chi connectivity index (χ0n) is 67.3. The van der Waals surface area contributed by atoms with Crippen molar-refractivity contribution in [2.75, 3.05) is 39.6 Å². The Morgan fingerprint density at radius 1 is 0.233 bits per heavy atom. The minimum atomic E-state index is -4.96. The number of unbranched alkanes of at least 4 members (excludes halogenated alkanes) is 59. The summed E-state index contributed by atoms with van der Waals surface area (Å²) in [6, 6.07) is 0. The van der Waals surface area contributed by atoms with E-state index in [9.17, 15) is 43.2 Å². The number of hydrogen-bond acceptors (Lipinski definition) is 15. The van der Waals surface area contributed by atoms with Gasteiger partial charge in [0.2, 0.25) is 0 Å². The predicted octanol–water partition coefficient (Wildman–Crippen LogP) is 25.7. The van der Waals surface area contributed by atoms with Gasteiger partial charge in [-0.05, 0) is 25.7 Å². The van der Waals surface area contributed by atoms with Crippen LogP contribution < -0.4 is 0 Å². The van der Waals surface area contributed by atoms with E-state index < -0.39 is 97.5 Å². The molecule has 17 nitrogen and oxygen atoms in total. The molecule has 3 N–H and O–H groups in total. The van der Waals surface area contributed by atoms with E-state index in [2.05, 4.69) is 27.7 Å². The van der Waals surface area contributed by atoms with Crippen LogP contribution in [-0.2, 0) is 65.4 Å². The lowest BCUT2D eigenvalue weighted by Gasteiger charge is -2.21. The van der Waals surface area contributed by atoms with Crippen LogP contribution in [0.5, 0.6) is 0 Å². The molecule has 612 valence electrons. The van der Waals surface area contributed by atoms with Crippen LogP contribution in [-0.4, -0.2) is 96.7 Å². The lowest BCUT2D eigenvalue weighted by molar-refractivity contribution is -0.161. The summed E-state index contributed by atoms with van der Waals surface area (Å²) >= 11 is 0. The number of rotatable bonds is 85. The molecule has 0 rings (SSSR count). The van der Waals surface area contributed by atoms with Crippen LogP contribution in [0.15, 0.2) is 0 Å². The fraction of sp³-hybridized carbons (Fsp3) is 0.952. The van der Waals surface area contributed by atoms with Gasteiger partial charge in [0.1, 0.15) is 19.3 Å². The van der Waals surface area contributed by atoms with Gasteiger partial charge in [-0.1, -0.05) is 407 Å². The molecule has 0 aromatic rings. The van der Waals surface area contributed by atoms with Crippen molar-refractivity contribution in [3.05, 3.63) is 0 Å². The average Bonchev–Trinajstić information content (AvgIpc) is 0.914. The molecule has 0 amide bonds. The number of ether oxygens (including phenoxy) is 4. The number of aliphatic hydroxyl groups excluding tert-OH is 1. The summed E-state index contributed by atoms with van der Waals surface area (Å²) in [6.45, 7) is 5.03. The molecule has 0 radical (unpaired) electrons. The second kappa shape index (κ2) is 78.2. The second-order valence-electron chi connectivity index (χ2n) is 30.2. The summed E-state index contributed by atoms with van der Waals surface area (Å²) in [6.07, 6.45) is 72.3. The SMILES string of the molecule is CCCCCCCCCCCCCCCCCCCCCCCCC(=O)O[C@H](COC(=O)CCCCCCCCCCCCCCCCCCC)COP(=O)(O)OC[C@@H](O)COP(=O)(O)OC[C@@H](COC(=O)CCCCCCCCCCC)OC(=O)CCCCCCCCCCCCCCCCC. The average molecular weight is 1510 g/mol. The highest BCUT2D eigenvalue weighted by Gasteiger charge is 2.30. The van der Waals surface area contributed by atoms with E-state index in [1.807, 2.05) is 0 Å². The van der Waals surface area contributed by atoms with Gasteiger partial charge in [0.25, 0.3) is 0 Å². The fourth-order valence-electron chi connectivity index (χ4n) is 13.2. The predicted molar refractivity (Wildman–Crippen MR) is 423 cm³/mol. The van der Waals surface area contributed by atoms with Crippen LogP contribution in [0, 0.1) is 0 Å². The molecule has 0 bridgehead atoms. The summed E-state index contributed by atoms with van der Waals surface area (Å²) in [5.41, 5.74) is 0. The Bertz CT molecular complexity index is 1950. The molecule has 0 aromatic heterocycles. The van der Waals surface area contributed by atoms with Crippen LogP contribution in [0.2, 0.25) is 0 Å². The highest BCUT2D eigenvalue weighted by molar-refractivity contribution is 7.47. The van der Waals surface area contributed by atoms with Crippen molar-refractivity contribution in [1.82, 2.24) is 0 Å². The lowest BCUT2D eigenvalue weighted by atomic mass is 10.0. The number of carbonyl (C=O) groups excluding carboxylic acids is 4. The van der Waals surface area contributed by atoms with Gasteiger partial charge in [-0.25, -0.2) is 9.13 Å². The Morgan fingerprint density at radius 3 is 0.573 bits per heavy atom. The van der Waals surface area contributed by atoms with E-state index in [0.717, 1.165) is 89.9 Å². The highest BCUT2D eigenvalue weighted by atomic mass is 31.2. The van der Waals surface area contributed by atoms with Crippen LogP contribution in [0.25, 0.3) is 0 Å². The molecule has 2 unspecified atom stereocenters. The molecule has 0 aromatic carbocycles.